The van der Waals surface area contributed by atoms with E-state index < -0.39 is 11.7 Å². The maximum atomic E-state index is 11.8. The van der Waals surface area contributed by atoms with Crippen molar-refractivity contribution in [1.82, 2.24) is 10.2 Å². The number of carbonyl (C=O) groups is 2. The van der Waals surface area contributed by atoms with Crippen LogP contribution in [-0.4, -0.2) is 46.3 Å². The summed E-state index contributed by atoms with van der Waals surface area (Å²) < 4.78 is 5.22. The molecule has 0 atom stereocenters. The van der Waals surface area contributed by atoms with Crippen LogP contribution in [0.1, 0.15) is 39.2 Å². The van der Waals surface area contributed by atoms with Crippen molar-refractivity contribution in [3.63, 3.8) is 0 Å². The van der Waals surface area contributed by atoms with Crippen LogP contribution in [-0.2, 0) is 16.1 Å². The molecule has 2 amide bonds. The standard InChI is InChI=1S/C17H26N2O5/c1-17(2,3)24-16(23)19(4)7-5-6-15(22)18-11-12-8-13(20)10-14(21)9-12/h8-10,20-21H,5-7,11H2,1-4H3,(H,18,22). The first-order valence-corrected chi connectivity index (χ1v) is 7.79. The molecular formula is C17H26N2O5. The minimum Gasteiger partial charge on any atom is -0.508 e. The Morgan fingerprint density at radius 3 is 2.29 bits per heavy atom. The van der Waals surface area contributed by atoms with E-state index in [1.165, 1.54) is 23.1 Å². The topological polar surface area (TPSA) is 99.1 Å². The zero-order chi connectivity index (χ0) is 18.3. The number of carbonyl (C=O) groups excluding carboxylic acids is 2. The molecule has 0 saturated carbocycles. The number of phenols is 2. The molecule has 0 aromatic heterocycles. The van der Waals surface area contributed by atoms with Crippen molar-refractivity contribution < 1.29 is 24.5 Å². The van der Waals surface area contributed by atoms with Crippen LogP contribution in [0.15, 0.2) is 18.2 Å². The number of hydrogen-bond donors (Lipinski definition) is 3. The Hall–Kier alpha value is -2.44. The van der Waals surface area contributed by atoms with E-state index in [9.17, 15) is 19.8 Å². The van der Waals surface area contributed by atoms with Gasteiger partial charge in [-0.2, -0.15) is 0 Å². The van der Waals surface area contributed by atoms with Gasteiger partial charge in [-0.05, 0) is 44.9 Å². The highest BCUT2D eigenvalue weighted by Gasteiger charge is 2.19. The minimum atomic E-state index is -0.546. The van der Waals surface area contributed by atoms with Crippen LogP contribution >= 0.6 is 0 Å². The molecule has 7 nitrogen and oxygen atoms in total. The summed E-state index contributed by atoms with van der Waals surface area (Å²) in [5.41, 5.74) is 0.0573. The van der Waals surface area contributed by atoms with Gasteiger partial charge in [0.25, 0.3) is 0 Å². The van der Waals surface area contributed by atoms with Crippen molar-refractivity contribution in [2.75, 3.05) is 13.6 Å². The van der Waals surface area contributed by atoms with Gasteiger partial charge >= 0.3 is 6.09 Å². The van der Waals surface area contributed by atoms with Crippen LogP contribution in [0.2, 0.25) is 0 Å². The summed E-state index contributed by atoms with van der Waals surface area (Å²) in [6.07, 6.45) is 0.350. The first kappa shape index (κ1) is 19.6. The number of benzene rings is 1. The van der Waals surface area contributed by atoms with Crippen LogP contribution in [0.4, 0.5) is 4.79 Å². The molecule has 1 aromatic carbocycles. The summed E-state index contributed by atoms with van der Waals surface area (Å²) in [4.78, 5) is 25.0. The van der Waals surface area contributed by atoms with E-state index in [4.69, 9.17) is 4.74 Å². The Morgan fingerprint density at radius 1 is 1.17 bits per heavy atom. The van der Waals surface area contributed by atoms with Crippen LogP contribution in [0, 0.1) is 0 Å². The molecule has 0 bridgehead atoms. The lowest BCUT2D eigenvalue weighted by Crippen LogP contribution is -2.35. The van der Waals surface area contributed by atoms with Crippen LogP contribution in [0.25, 0.3) is 0 Å². The first-order valence-electron chi connectivity index (χ1n) is 7.79. The van der Waals surface area contributed by atoms with Gasteiger partial charge in [0.15, 0.2) is 0 Å². The van der Waals surface area contributed by atoms with Crippen molar-refractivity contribution in [2.45, 2.75) is 45.8 Å². The summed E-state index contributed by atoms with van der Waals surface area (Å²) in [7, 11) is 1.63. The lowest BCUT2D eigenvalue weighted by Gasteiger charge is -2.24. The molecule has 0 fully saturated rings. The fourth-order valence-electron chi connectivity index (χ4n) is 1.96. The van der Waals surface area contributed by atoms with Crippen LogP contribution < -0.4 is 5.32 Å². The highest BCUT2D eigenvalue weighted by Crippen LogP contribution is 2.20. The smallest absolute Gasteiger partial charge is 0.410 e. The maximum Gasteiger partial charge on any atom is 0.410 e. The summed E-state index contributed by atoms with van der Waals surface area (Å²) in [6.45, 7) is 6.01. The number of ether oxygens (including phenoxy) is 1. The number of nitrogens with one attached hydrogen (secondary N) is 1. The van der Waals surface area contributed by atoms with E-state index in [2.05, 4.69) is 5.32 Å². The number of hydrogen-bond acceptors (Lipinski definition) is 5. The number of phenolic OH excluding ortho intramolecular Hbond substituents is 2. The third-order valence-corrected chi connectivity index (χ3v) is 3.05. The van der Waals surface area contributed by atoms with Crippen molar-refractivity contribution in [3.8, 4) is 11.5 Å². The molecule has 3 N–H and O–H groups in total. The average molecular weight is 338 g/mol. The van der Waals surface area contributed by atoms with Crippen molar-refractivity contribution in [1.29, 1.82) is 0 Å². The van der Waals surface area contributed by atoms with Gasteiger partial charge in [0, 0.05) is 32.6 Å². The molecule has 0 aliphatic rings. The van der Waals surface area contributed by atoms with E-state index in [0.29, 0.717) is 18.5 Å². The van der Waals surface area contributed by atoms with E-state index in [-0.39, 0.29) is 30.4 Å². The maximum absolute atomic E-state index is 11.8. The highest BCUT2D eigenvalue weighted by atomic mass is 16.6. The molecule has 24 heavy (non-hydrogen) atoms. The predicted octanol–water partition coefficient (Wildman–Crippen LogP) is 2.36. The van der Waals surface area contributed by atoms with E-state index in [0.717, 1.165) is 0 Å². The molecule has 1 aromatic rings. The molecular weight excluding hydrogens is 312 g/mol. The first-order chi connectivity index (χ1) is 11.1. The largest absolute Gasteiger partial charge is 0.508 e. The second kappa shape index (κ2) is 8.42. The van der Waals surface area contributed by atoms with E-state index in [1.807, 2.05) is 0 Å². The van der Waals surface area contributed by atoms with Gasteiger partial charge in [-0.3, -0.25) is 4.79 Å². The highest BCUT2D eigenvalue weighted by molar-refractivity contribution is 5.76. The third kappa shape index (κ3) is 7.71. The molecule has 0 unspecified atom stereocenters. The lowest BCUT2D eigenvalue weighted by molar-refractivity contribution is -0.121. The fourth-order valence-corrected chi connectivity index (χ4v) is 1.96. The van der Waals surface area contributed by atoms with Gasteiger partial charge < -0.3 is 25.2 Å². The number of rotatable bonds is 6. The molecule has 7 heteroatoms. The van der Waals surface area contributed by atoms with Gasteiger partial charge in [0.1, 0.15) is 17.1 Å². The molecule has 0 aliphatic heterocycles. The molecule has 0 aliphatic carbocycles. The van der Waals surface area contributed by atoms with E-state index >= 15 is 0 Å². The normalized spacial score (nSPS) is 11.0. The van der Waals surface area contributed by atoms with Crippen LogP contribution in [0.3, 0.4) is 0 Å². The third-order valence-electron chi connectivity index (χ3n) is 3.05. The molecule has 134 valence electrons. The molecule has 0 saturated heterocycles. The monoisotopic (exact) mass is 338 g/mol. The van der Waals surface area contributed by atoms with Gasteiger partial charge in [-0.1, -0.05) is 0 Å². The lowest BCUT2D eigenvalue weighted by atomic mass is 10.2. The van der Waals surface area contributed by atoms with Crippen molar-refractivity contribution >= 4 is 12.0 Å². The summed E-state index contributed by atoms with van der Waals surface area (Å²) in [5, 5.41) is 21.4. The Bertz CT molecular complexity index is 561. The zero-order valence-electron chi connectivity index (χ0n) is 14.6. The van der Waals surface area contributed by atoms with Gasteiger partial charge in [0.05, 0.1) is 0 Å². The molecule has 0 spiro atoms. The Balaban J connectivity index is 2.30. The van der Waals surface area contributed by atoms with E-state index in [1.54, 1.807) is 27.8 Å². The van der Waals surface area contributed by atoms with Crippen molar-refractivity contribution in [2.24, 2.45) is 0 Å². The second-order valence-corrected chi connectivity index (χ2v) is 6.64. The van der Waals surface area contributed by atoms with Crippen molar-refractivity contribution in [3.05, 3.63) is 23.8 Å². The summed E-state index contributed by atoms with van der Waals surface area (Å²) >= 11 is 0. The molecule has 0 radical (unpaired) electrons. The van der Waals surface area contributed by atoms with Crippen LogP contribution in [0.5, 0.6) is 11.5 Å². The number of aromatic hydroxyl groups is 2. The second-order valence-electron chi connectivity index (χ2n) is 6.64. The predicted molar refractivity (Wildman–Crippen MR) is 89.7 cm³/mol. The zero-order valence-corrected chi connectivity index (χ0v) is 14.6. The summed E-state index contributed by atoms with van der Waals surface area (Å²) in [6, 6.07) is 4.16. The number of nitrogens with zero attached hydrogens (tertiary/aromatic N) is 1. The fraction of sp³-hybridized carbons (Fsp3) is 0.529. The molecule has 0 heterocycles. The SMILES string of the molecule is CN(CCCC(=O)NCc1cc(O)cc(O)c1)C(=O)OC(C)(C)C. The average Bonchev–Trinajstić information content (AvgIpc) is 2.42. The Labute approximate surface area is 142 Å². The number of amides is 2. The Morgan fingerprint density at radius 2 is 1.75 bits per heavy atom. The van der Waals surface area contributed by atoms with Gasteiger partial charge in [-0.25, -0.2) is 4.79 Å². The van der Waals surface area contributed by atoms with Gasteiger partial charge in [-0.15, -0.1) is 0 Å². The Kier molecular flexibility index (Phi) is 6.88. The van der Waals surface area contributed by atoms with Gasteiger partial charge in [0.2, 0.25) is 5.91 Å². The summed E-state index contributed by atoms with van der Waals surface area (Å²) in [5.74, 6) is -0.285. The quantitative estimate of drug-likeness (QED) is 0.739. The minimum absolute atomic E-state index is 0.0572. The molecule has 1 rings (SSSR count).